The first-order chi connectivity index (χ1) is 11.7. The Labute approximate surface area is 150 Å². The first-order valence-corrected chi connectivity index (χ1v) is 10.1. The van der Waals surface area contributed by atoms with E-state index in [0.717, 1.165) is 22.4 Å². The molecule has 0 heterocycles. The molecule has 1 aliphatic rings. The number of nitrogens with two attached hydrogens (primary N) is 1. The number of carbonyl (C=O) groups excluding carboxylic acids is 2. The Balaban J connectivity index is 0.000000292. The summed E-state index contributed by atoms with van der Waals surface area (Å²) in [6.45, 7) is 0. The maximum Gasteiger partial charge on any atom is 0.151 e. The normalized spacial score (nSPS) is 13.9. The second-order valence-electron chi connectivity index (χ2n) is 5.52. The zero-order valence-electron chi connectivity index (χ0n) is 13.4. The van der Waals surface area contributed by atoms with E-state index in [1.807, 2.05) is 36.4 Å². The van der Waals surface area contributed by atoms with Crippen LogP contribution in [0, 0.1) is 0 Å². The Kier molecular flexibility index (Phi) is 8.08. The highest BCUT2D eigenvalue weighted by molar-refractivity contribution is 8.76. The van der Waals surface area contributed by atoms with Gasteiger partial charge in [-0.1, -0.05) is 70.8 Å². The minimum absolute atomic E-state index is 0.546. The van der Waals surface area contributed by atoms with Crippen molar-refractivity contribution >= 4 is 34.2 Å². The number of hydrogen-bond donors (Lipinski definition) is 1. The van der Waals surface area contributed by atoms with Crippen LogP contribution in [0.4, 0.5) is 0 Å². The summed E-state index contributed by atoms with van der Waals surface area (Å²) in [6.07, 6.45) is 6.94. The van der Waals surface area contributed by atoms with Crippen LogP contribution in [0.15, 0.2) is 58.3 Å². The third kappa shape index (κ3) is 5.82. The Morgan fingerprint density at radius 2 is 1.21 bits per heavy atom. The fourth-order valence-corrected chi connectivity index (χ4v) is 4.68. The average molecular weight is 360 g/mol. The monoisotopic (exact) mass is 359 g/mol. The largest absolute Gasteiger partial charge is 0.328 e. The Hall–Kier alpha value is -1.56. The summed E-state index contributed by atoms with van der Waals surface area (Å²) < 4.78 is 0. The van der Waals surface area contributed by atoms with Crippen molar-refractivity contribution in [2.75, 3.05) is 0 Å². The van der Waals surface area contributed by atoms with Gasteiger partial charge in [-0.2, -0.15) is 0 Å². The van der Waals surface area contributed by atoms with Crippen molar-refractivity contribution in [1.82, 2.24) is 0 Å². The summed E-state index contributed by atoms with van der Waals surface area (Å²) >= 11 is 0. The Bertz CT molecular complexity index is 618. The molecule has 0 aliphatic heterocycles. The summed E-state index contributed by atoms with van der Waals surface area (Å²) in [5, 5.41) is 0. The molecular formula is C19H21NO2S2. The van der Waals surface area contributed by atoms with E-state index in [1.54, 1.807) is 12.1 Å². The lowest BCUT2D eigenvalue weighted by atomic mass is 10.2. The fraction of sp³-hybridized carbons (Fsp3) is 0.263. The zero-order chi connectivity index (χ0) is 17.2. The minimum atomic E-state index is 0.546. The predicted molar refractivity (Wildman–Crippen MR) is 102 cm³/mol. The molecule has 0 saturated heterocycles. The van der Waals surface area contributed by atoms with Gasteiger partial charge < -0.3 is 5.73 Å². The van der Waals surface area contributed by atoms with Crippen LogP contribution >= 0.6 is 21.6 Å². The Morgan fingerprint density at radius 3 is 1.54 bits per heavy atom. The molecule has 0 amide bonds. The van der Waals surface area contributed by atoms with E-state index < -0.39 is 0 Å². The molecule has 2 aromatic rings. The molecule has 0 aromatic heterocycles. The first-order valence-electron chi connectivity index (χ1n) is 7.93. The van der Waals surface area contributed by atoms with Gasteiger partial charge in [-0.25, -0.2) is 0 Å². The Morgan fingerprint density at radius 1 is 0.792 bits per heavy atom. The van der Waals surface area contributed by atoms with Crippen LogP contribution in [0.1, 0.15) is 46.4 Å². The number of benzene rings is 2. The van der Waals surface area contributed by atoms with Gasteiger partial charge in [-0.05, 0) is 25.0 Å². The molecule has 2 N–H and O–H groups in total. The fourth-order valence-electron chi connectivity index (χ4n) is 2.35. The molecule has 0 atom stereocenters. The van der Waals surface area contributed by atoms with Crippen molar-refractivity contribution in [3.8, 4) is 0 Å². The number of hydrogen-bond acceptors (Lipinski definition) is 5. The summed E-state index contributed by atoms with van der Waals surface area (Å²) in [4.78, 5) is 23.6. The molecule has 0 bridgehead atoms. The minimum Gasteiger partial charge on any atom is -0.328 e. The molecule has 0 unspecified atom stereocenters. The van der Waals surface area contributed by atoms with Gasteiger partial charge in [-0.15, -0.1) is 0 Å². The van der Waals surface area contributed by atoms with Gasteiger partial charge >= 0.3 is 0 Å². The summed E-state index contributed by atoms with van der Waals surface area (Å²) in [5.41, 5.74) is 6.87. The SMILES string of the molecule is NC1CCCC1.O=Cc1ccccc1SSc1ccccc1C=O. The van der Waals surface area contributed by atoms with E-state index in [0.29, 0.717) is 17.2 Å². The second kappa shape index (κ2) is 10.3. The third-order valence-electron chi connectivity index (χ3n) is 3.71. The van der Waals surface area contributed by atoms with Crippen LogP contribution in [0.5, 0.6) is 0 Å². The average Bonchev–Trinajstić information content (AvgIpc) is 3.12. The summed E-state index contributed by atoms with van der Waals surface area (Å²) in [7, 11) is 2.96. The molecule has 1 saturated carbocycles. The van der Waals surface area contributed by atoms with Crippen LogP contribution in [0.25, 0.3) is 0 Å². The van der Waals surface area contributed by atoms with Gasteiger partial charge in [0.05, 0.1) is 0 Å². The standard InChI is InChI=1S/C14H10O2S2.C5H11N/c15-9-11-5-1-3-7-13(11)17-18-14-8-4-2-6-12(14)10-16;6-5-3-1-2-4-5/h1-10H;5H,1-4,6H2. The van der Waals surface area contributed by atoms with E-state index in [-0.39, 0.29) is 0 Å². The van der Waals surface area contributed by atoms with Crippen molar-refractivity contribution in [2.24, 2.45) is 5.73 Å². The van der Waals surface area contributed by atoms with Crippen LogP contribution in [0.3, 0.4) is 0 Å². The van der Waals surface area contributed by atoms with Gasteiger partial charge in [0.1, 0.15) is 0 Å². The topological polar surface area (TPSA) is 60.2 Å². The molecule has 1 fully saturated rings. The van der Waals surface area contributed by atoms with Gasteiger partial charge in [-0.3, -0.25) is 9.59 Å². The number of aldehydes is 2. The van der Waals surface area contributed by atoms with Crippen molar-refractivity contribution in [2.45, 2.75) is 41.5 Å². The van der Waals surface area contributed by atoms with E-state index >= 15 is 0 Å². The quantitative estimate of drug-likeness (QED) is 0.601. The maximum atomic E-state index is 10.9. The van der Waals surface area contributed by atoms with E-state index in [2.05, 4.69) is 0 Å². The van der Waals surface area contributed by atoms with Crippen molar-refractivity contribution < 1.29 is 9.59 Å². The predicted octanol–water partition coefficient (Wildman–Crippen LogP) is 5.00. The molecule has 2 aromatic carbocycles. The zero-order valence-corrected chi connectivity index (χ0v) is 15.0. The summed E-state index contributed by atoms with van der Waals surface area (Å²) in [6, 6.07) is 15.3. The highest BCUT2D eigenvalue weighted by atomic mass is 33.1. The van der Waals surface area contributed by atoms with Crippen LogP contribution < -0.4 is 5.73 Å². The van der Waals surface area contributed by atoms with Gasteiger partial charge in [0.15, 0.2) is 12.6 Å². The smallest absolute Gasteiger partial charge is 0.151 e. The summed E-state index contributed by atoms with van der Waals surface area (Å²) in [5.74, 6) is 0. The lowest BCUT2D eigenvalue weighted by molar-refractivity contribution is 0.111. The van der Waals surface area contributed by atoms with Gasteiger partial charge in [0, 0.05) is 27.0 Å². The molecule has 3 rings (SSSR count). The van der Waals surface area contributed by atoms with Crippen LogP contribution in [-0.2, 0) is 0 Å². The van der Waals surface area contributed by atoms with Crippen LogP contribution in [0.2, 0.25) is 0 Å². The molecule has 0 spiro atoms. The maximum absolute atomic E-state index is 10.9. The molecule has 3 nitrogen and oxygen atoms in total. The highest BCUT2D eigenvalue weighted by Gasteiger charge is 2.07. The number of carbonyl (C=O) groups is 2. The molecule has 0 radical (unpaired) electrons. The first kappa shape index (κ1) is 18.8. The second-order valence-corrected chi connectivity index (χ2v) is 7.74. The molecular weight excluding hydrogens is 338 g/mol. The molecule has 5 heteroatoms. The van der Waals surface area contributed by atoms with Crippen molar-refractivity contribution in [1.29, 1.82) is 0 Å². The highest BCUT2D eigenvalue weighted by Crippen LogP contribution is 2.39. The van der Waals surface area contributed by atoms with Gasteiger partial charge in [0.2, 0.25) is 0 Å². The van der Waals surface area contributed by atoms with E-state index in [9.17, 15) is 9.59 Å². The third-order valence-corrected chi connectivity index (χ3v) is 6.23. The van der Waals surface area contributed by atoms with Crippen LogP contribution in [-0.4, -0.2) is 18.6 Å². The van der Waals surface area contributed by atoms with Gasteiger partial charge in [0.25, 0.3) is 0 Å². The lowest BCUT2D eigenvalue weighted by Crippen LogP contribution is -2.13. The number of rotatable bonds is 5. The van der Waals surface area contributed by atoms with Crippen molar-refractivity contribution in [3.05, 3.63) is 59.7 Å². The van der Waals surface area contributed by atoms with E-state index in [4.69, 9.17) is 5.73 Å². The molecule has 24 heavy (non-hydrogen) atoms. The molecule has 1 aliphatic carbocycles. The van der Waals surface area contributed by atoms with E-state index in [1.165, 1.54) is 47.3 Å². The lowest BCUT2D eigenvalue weighted by Gasteiger charge is -2.05. The molecule has 126 valence electrons. The van der Waals surface area contributed by atoms with Crippen molar-refractivity contribution in [3.63, 3.8) is 0 Å².